The van der Waals surface area contributed by atoms with Gasteiger partial charge < -0.3 is 9.88 Å². The van der Waals surface area contributed by atoms with Crippen molar-refractivity contribution in [1.82, 2.24) is 14.9 Å². The van der Waals surface area contributed by atoms with Crippen molar-refractivity contribution in [2.24, 2.45) is 0 Å². The van der Waals surface area contributed by atoms with Gasteiger partial charge >= 0.3 is 0 Å². The van der Waals surface area contributed by atoms with Crippen LogP contribution in [0.4, 0.5) is 0 Å². The molecule has 0 fully saturated rings. The predicted octanol–water partition coefficient (Wildman–Crippen LogP) is 1.26. The number of aryl methyl sites for hydroxylation is 1. The first-order valence-corrected chi connectivity index (χ1v) is 4.27. The van der Waals surface area contributed by atoms with Gasteiger partial charge in [0.25, 0.3) is 0 Å². The smallest absolute Gasteiger partial charge is 0.219 e. The maximum Gasteiger partial charge on any atom is 0.219 e. The number of rotatable bonds is 2. The monoisotopic (exact) mass is 181 g/mol. The van der Waals surface area contributed by atoms with Crippen LogP contribution < -0.4 is 0 Å². The molecule has 1 aromatic rings. The van der Waals surface area contributed by atoms with E-state index in [2.05, 4.69) is 9.97 Å². The SMILES string of the molecule is CC(=O)N(C)C(C)c1ncc(C)[nH]1. The van der Waals surface area contributed by atoms with Gasteiger partial charge in [-0.2, -0.15) is 0 Å². The zero-order valence-corrected chi connectivity index (χ0v) is 8.46. The lowest BCUT2D eigenvalue weighted by atomic mass is 10.3. The summed E-state index contributed by atoms with van der Waals surface area (Å²) >= 11 is 0. The van der Waals surface area contributed by atoms with Crippen LogP contribution in [0.1, 0.15) is 31.4 Å². The van der Waals surface area contributed by atoms with Gasteiger partial charge in [0.05, 0.1) is 6.04 Å². The highest BCUT2D eigenvalue weighted by Crippen LogP contribution is 2.14. The third-order valence-corrected chi connectivity index (χ3v) is 2.20. The summed E-state index contributed by atoms with van der Waals surface area (Å²) in [6.45, 7) is 5.43. The van der Waals surface area contributed by atoms with Gasteiger partial charge in [-0.05, 0) is 13.8 Å². The highest BCUT2D eigenvalue weighted by molar-refractivity contribution is 5.73. The first kappa shape index (κ1) is 9.77. The average molecular weight is 181 g/mol. The van der Waals surface area contributed by atoms with Gasteiger partial charge in [0, 0.05) is 25.9 Å². The summed E-state index contributed by atoms with van der Waals surface area (Å²) in [6.07, 6.45) is 1.76. The molecular formula is C9H15N3O. The van der Waals surface area contributed by atoms with Crippen LogP contribution in [-0.4, -0.2) is 27.8 Å². The van der Waals surface area contributed by atoms with E-state index < -0.39 is 0 Å². The predicted molar refractivity (Wildman–Crippen MR) is 50.2 cm³/mol. The molecule has 0 aliphatic heterocycles. The van der Waals surface area contributed by atoms with Crippen LogP contribution in [0.15, 0.2) is 6.20 Å². The Kier molecular flexibility index (Phi) is 2.70. The first-order chi connectivity index (χ1) is 6.02. The van der Waals surface area contributed by atoms with Gasteiger partial charge in [-0.15, -0.1) is 0 Å². The lowest BCUT2D eigenvalue weighted by Gasteiger charge is -2.21. The number of H-pyrrole nitrogens is 1. The summed E-state index contributed by atoms with van der Waals surface area (Å²) in [7, 11) is 1.77. The van der Waals surface area contributed by atoms with Crippen molar-refractivity contribution in [3.8, 4) is 0 Å². The molecule has 0 bridgehead atoms. The standard InChI is InChI=1S/C9H15N3O/c1-6-5-10-9(11-6)7(2)12(4)8(3)13/h5,7H,1-4H3,(H,10,11). The van der Waals surface area contributed by atoms with Crippen molar-refractivity contribution in [2.75, 3.05) is 7.05 Å². The van der Waals surface area contributed by atoms with Crippen molar-refractivity contribution in [1.29, 1.82) is 0 Å². The third-order valence-electron chi connectivity index (χ3n) is 2.20. The number of aromatic amines is 1. The van der Waals surface area contributed by atoms with Crippen molar-refractivity contribution in [3.05, 3.63) is 17.7 Å². The molecule has 1 N–H and O–H groups in total. The number of aromatic nitrogens is 2. The number of carbonyl (C=O) groups is 1. The van der Waals surface area contributed by atoms with Gasteiger partial charge in [0.1, 0.15) is 5.82 Å². The van der Waals surface area contributed by atoms with Crippen LogP contribution in [0, 0.1) is 6.92 Å². The first-order valence-electron chi connectivity index (χ1n) is 4.27. The molecule has 0 saturated heterocycles. The van der Waals surface area contributed by atoms with Crippen LogP contribution >= 0.6 is 0 Å². The van der Waals surface area contributed by atoms with Crippen molar-refractivity contribution >= 4 is 5.91 Å². The average Bonchev–Trinajstić information content (AvgIpc) is 2.49. The molecule has 0 aromatic carbocycles. The molecule has 4 heteroatoms. The second-order valence-electron chi connectivity index (χ2n) is 3.26. The molecule has 1 amide bonds. The lowest BCUT2D eigenvalue weighted by Crippen LogP contribution is -2.27. The van der Waals surface area contributed by atoms with Crippen LogP contribution in [0.25, 0.3) is 0 Å². The number of imidazole rings is 1. The molecule has 13 heavy (non-hydrogen) atoms. The quantitative estimate of drug-likeness (QED) is 0.746. The number of hydrogen-bond acceptors (Lipinski definition) is 2. The minimum Gasteiger partial charge on any atom is -0.344 e. The van der Waals surface area contributed by atoms with E-state index in [0.717, 1.165) is 11.5 Å². The molecule has 0 aliphatic carbocycles. The Balaban J connectivity index is 2.78. The highest BCUT2D eigenvalue weighted by Gasteiger charge is 2.15. The van der Waals surface area contributed by atoms with Gasteiger partial charge in [-0.1, -0.05) is 0 Å². The molecule has 4 nitrogen and oxygen atoms in total. The Morgan fingerprint density at radius 3 is 2.69 bits per heavy atom. The fourth-order valence-corrected chi connectivity index (χ4v) is 1.10. The molecule has 0 radical (unpaired) electrons. The van der Waals surface area contributed by atoms with Crippen LogP contribution in [0.5, 0.6) is 0 Å². The number of hydrogen-bond donors (Lipinski definition) is 1. The molecule has 0 saturated carbocycles. The van der Waals surface area contributed by atoms with Gasteiger partial charge in [0.2, 0.25) is 5.91 Å². The van der Waals surface area contributed by atoms with E-state index in [1.807, 2.05) is 13.8 Å². The Hall–Kier alpha value is -1.32. The number of nitrogens with zero attached hydrogens (tertiary/aromatic N) is 2. The summed E-state index contributed by atoms with van der Waals surface area (Å²) in [5.41, 5.74) is 1.01. The van der Waals surface area contributed by atoms with Crippen molar-refractivity contribution < 1.29 is 4.79 Å². The van der Waals surface area contributed by atoms with Gasteiger partial charge in [0.15, 0.2) is 0 Å². The fourth-order valence-electron chi connectivity index (χ4n) is 1.10. The largest absolute Gasteiger partial charge is 0.344 e. The Labute approximate surface area is 78.0 Å². The van der Waals surface area contributed by atoms with E-state index in [4.69, 9.17) is 0 Å². The summed E-state index contributed by atoms with van der Waals surface area (Å²) < 4.78 is 0. The molecule has 0 spiro atoms. The normalized spacial score (nSPS) is 12.6. The topological polar surface area (TPSA) is 49.0 Å². The van der Waals surface area contributed by atoms with Crippen LogP contribution in [0.2, 0.25) is 0 Å². The van der Waals surface area contributed by atoms with E-state index >= 15 is 0 Å². The molecule has 0 aliphatic rings. The van der Waals surface area contributed by atoms with E-state index in [1.165, 1.54) is 0 Å². The Bertz CT molecular complexity index is 306. The Morgan fingerprint density at radius 2 is 2.31 bits per heavy atom. The number of amides is 1. The molecule has 1 heterocycles. The molecular weight excluding hydrogens is 166 g/mol. The maximum atomic E-state index is 11.0. The van der Waals surface area contributed by atoms with E-state index in [-0.39, 0.29) is 11.9 Å². The second kappa shape index (κ2) is 3.60. The van der Waals surface area contributed by atoms with Gasteiger partial charge in [-0.3, -0.25) is 4.79 Å². The van der Waals surface area contributed by atoms with E-state index in [0.29, 0.717) is 0 Å². The summed E-state index contributed by atoms with van der Waals surface area (Å²) in [6, 6.07) is 0.00574. The van der Waals surface area contributed by atoms with Gasteiger partial charge in [-0.25, -0.2) is 4.98 Å². The minimum atomic E-state index is 0.00574. The summed E-state index contributed by atoms with van der Waals surface area (Å²) in [5, 5.41) is 0. The fraction of sp³-hybridized carbons (Fsp3) is 0.556. The molecule has 1 unspecified atom stereocenters. The van der Waals surface area contributed by atoms with Crippen molar-refractivity contribution in [2.45, 2.75) is 26.8 Å². The summed E-state index contributed by atoms with van der Waals surface area (Å²) in [5.74, 6) is 0.872. The van der Waals surface area contributed by atoms with E-state index in [1.54, 1.807) is 25.1 Å². The van der Waals surface area contributed by atoms with Crippen LogP contribution in [-0.2, 0) is 4.79 Å². The van der Waals surface area contributed by atoms with Crippen LogP contribution in [0.3, 0.4) is 0 Å². The highest BCUT2D eigenvalue weighted by atomic mass is 16.2. The molecule has 1 aromatic heterocycles. The molecule has 72 valence electrons. The molecule has 1 rings (SSSR count). The molecule has 1 atom stereocenters. The Morgan fingerprint density at radius 1 is 1.69 bits per heavy atom. The zero-order valence-electron chi connectivity index (χ0n) is 8.46. The number of nitrogens with one attached hydrogen (secondary N) is 1. The lowest BCUT2D eigenvalue weighted by molar-refractivity contribution is -0.129. The zero-order chi connectivity index (χ0) is 10.0. The minimum absolute atomic E-state index is 0.00574. The summed E-state index contributed by atoms with van der Waals surface area (Å²) in [4.78, 5) is 20.0. The number of carbonyl (C=O) groups excluding carboxylic acids is 1. The third kappa shape index (κ3) is 2.08. The maximum absolute atomic E-state index is 11.0. The second-order valence-corrected chi connectivity index (χ2v) is 3.26. The van der Waals surface area contributed by atoms with E-state index in [9.17, 15) is 4.79 Å². The van der Waals surface area contributed by atoms with Crippen molar-refractivity contribution in [3.63, 3.8) is 0 Å².